The molecule has 162 valence electrons. The Labute approximate surface area is 194 Å². The summed E-state index contributed by atoms with van der Waals surface area (Å²) in [5.74, 6) is 0.652. The molecule has 7 nitrogen and oxygen atoms in total. The average molecular weight is 502 g/mol. The van der Waals surface area contributed by atoms with Gasteiger partial charge in [-0.15, -0.1) is 10.2 Å². The number of thioether (sulfide) groups is 1. The highest BCUT2D eigenvalue weighted by Gasteiger charge is 2.25. The molecule has 2 amide bonds. The quantitative estimate of drug-likeness (QED) is 0.445. The monoisotopic (exact) mass is 501 g/mol. The largest absolute Gasteiger partial charge is 0.342 e. The van der Waals surface area contributed by atoms with Crippen molar-refractivity contribution in [2.45, 2.75) is 25.0 Å². The van der Waals surface area contributed by atoms with Crippen LogP contribution in [0.3, 0.4) is 0 Å². The van der Waals surface area contributed by atoms with Gasteiger partial charge in [-0.3, -0.25) is 9.59 Å². The Bertz CT molecular complexity index is 1060. The van der Waals surface area contributed by atoms with Gasteiger partial charge < -0.3 is 15.2 Å². The summed E-state index contributed by atoms with van der Waals surface area (Å²) in [6.45, 7) is 4.03. The Hall–Kier alpha value is -2.65. The van der Waals surface area contributed by atoms with E-state index in [1.54, 1.807) is 12.1 Å². The van der Waals surface area contributed by atoms with Crippen molar-refractivity contribution in [3.63, 3.8) is 0 Å². The van der Waals surface area contributed by atoms with Gasteiger partial charge in [0, 0.05) is 22.8 Å². The zero-order valence-electron chi connectivity index (χ0n) is 17.5. The first kappa shape index (κ1) is 23.0. The topological polar surface area (TPSA) is 88.9 Å². The minimum atomic E-state index is -0.310. The summed E-state index contributed by atoms with van der Waals surface area (Å²) in [5, 5.41) is 15.0. The van der Waals surface area contributed by atoms with E-state index in [0.717, 1.165) is 10.2 Å². The van der Waals surface area contributed by atoms with Gasteiger partial charge in [-0.25, -0.2) is 0 Å². The minimum absolute atomic E-state index is 0.105. The van der Waals surface area contributed by atoms with E-state index >= 15 is 0 Å². The van der Waals surface area contributed by atoms with Gasteiger partial charge in [-0.1, -0.05) is 65.8 Å². The van der Waals surface area contributed by atoms with Crippen LogP contribution >= 0.6 is 27.7 Å². The van der Waals surface area contributed by atoms with Crippen LogP contribution in [-0.4, -0.2) is 32.3 Å². The van der Waals surface area contributed by atoms with Crippen molar-refractivity contribution < 1.29 is 9.59 Å². The summed E-state index contributed by atoms with van der Waals surface area (Å²) >= 11 is 4.69. The molecule has 0 bridgehead atoms. The molecule has 0 aliphatic rings. The third-order valence-electron chi connectivity index (χ3n) is 4.58. The Balaban J connectivity index is 1.65. The van der Waals surface area contributed by atoms with Crippen LogP contribution in [-0.2, 0) is 11.8 Å². The van der Waals surface area contributed by atoms with Crippen molar-refractivity contribution in [3.05, 3.63) is 70.5 Å². The lowest BCUT2D eigenvalue weighted by Crippen LogP contribution is -2.33. The number of halogens is 1. The van der Waals surface area contributed by atoms with Crippen molar-refractivity contribution >= 4 is 45.2 Å². The highest BCUT2D eigenvalue weighted by atomic mass is 79.9. The second kappa shape index (κ2) is 10.6. The maximum absolute atomic E-state index is 12.6. The lowest BCUT2D eigenvalue weighted by Gasteiger charge is -2.21. The van der Waals surface area contributed by atoms with Gasteiger partial charge in [-0.2, -0.15) is 0 Å². The van der Waals surface area contributed by atoms with E-state index in [2.05, 4.69) is 36.8 Å². The Kier molecular flexibility index (Phi) is 7.86. The van der Waals surface area contributed by atoms with E-state index < -0.39 is 0 Å². The molecule has 31 heavy (non-hydrogen) atoms. The van der Waals surface area contributed by atoms with Crippen LogP contribution in [0.2, 0.25) is 0 Å². The molecule has 0 radical (unpaired) electrons. The lowest BCUT2D eigenvalue weighted by atomic mass is 10.0. The van der Waals surface area contributed by atoms with Crippen LogP contribution in [0.25, 0.3) is 0 Å². The van der Waals surface area contributed by atoms with Crippen LogP contribution < -0.4 is 10.6 Å². The second-order valence-corrected chi connectivity index (χ2v) is 9.17. The van der Waals surface area contributed by atoms with Crippen LogP contribution in [0.5, 0.6) is 0 Å². The number of nitrogens with zero attached hydrogens (tertiary/aromatic N) is 3. The SMILES string of the molecule is CC(C)[C@@H](NC(=O)c1ccccc1)c1nnc(SCC(=O)Nc2cccc(Br)c2)n1C. The predicted molar refractivity (Wildman–Crippen MR) is 126 cm³/mol. The first-order valence-electron chi connectivity index (χ1n) is 9.78. The van der Waals surface area contributed by atoms with Gasteiger partial charge in [0.2, 0.25) is 5.91 Å². The summed E-state index contributed by atoms with van der Waals surface area (Å²) in [6, 6.07) is 16.2. The maximum atomic E-state index is 12.6. The molecule has 0 saturated heterocycles. The molecule has 3 rings (SSSR count). The molecule has 0 aliphatic carbocycles. The number of nitrogens with one attached hydrogen (secondary N) is 2. The summed E-state index contributed by atoms with van der Waals surface area (Å²) in [6.07, 6.45) is 0. The third kappa shape index (κ3) is 6.18. The number of anilines is 1. The summed E-state index contributed by atoms with van der Waals surface area (Å²) in [5.41, 5.74) is 1.32. The molecule has 9 heteroatoms. The number of carbonyl (C=O) groups excluding carboxylic acids is 2. The average Bonchev–Trinajstić information content (AvgIpc) is 3.10. The van der Waals surface area contributed by atoms with Crippen LogP contribution in [0.1, 0.15) is 36.1 Å². The summed E-state index contributed by atoms with van der Waals surface area (Å²) < 4.78 is 2.72. The molecular formula is C22H24BrN5O2S. The molecule has 0 aliphatic heterocycles. The first-order chi connectivity index (χ1) is 14.8. The molecule has 0 unspecified atom stereocenters. The highest BCUT2D eigenvalue weighted by Crippen LogP contribution is 2.25. The van der Waals surface area contributed by atoms with Crippen molar-refractivity contribution in [1.29, 1.82) is 0 Å². The van der Waals surface area contributed by atoms with E-state index in [1.807, 2.05) is 67.9 Å². The Morgan fingerprint density at radius 3 is 2.52 bits per heavy atom. The number of amides is 2. The maximum Gasteiger partial charge on any atom is 0.251 e. The van der Waals surface area contributed by atoms with E-state index in [0.29, 0.717) is 16.5 Å². The molecule has 0 fully saturated rings. The highest BCUT2D eigenvalue weighted by molar-refractivity contribution is 9.10. The fourth-order valence-electron chi connectivity index (χ4n) is 2.96. The molecule has 2 aromatic carbocycles. The molecular weight excluding hydrogens is 478 g/mol. The fourth-order valence-corrected chi connectivity index (χ4v) is 4.08. The van der Waals surface area contributed by atoms with Crippen LogP contribution in [0, 0.1) is 5.92 Å². The van der Waals surface area contributed by atoms with Gasteiger partial charge in [0.05, 0.1) is 11.8 Å². The first-order valence-corrected chi connectivity index (χ1v) is 11.6. The zero-order chi connectivity index (χ0) is 22.4. The van der Waals surface area contributed by atoms with E-state index in [1.165, 1.54) is 11.8 Å². The minimum Gasteiger partial charge on any atom is -0.342 e. The van der Waals surface area contributed by atoms with Gasteiger partial charge in [-0.05, 0) is 36.2 Å². The number of hydrogen-bond acceptors (Lipinski definition) is 5. The number of benzene rings is 2. The van der Waals surface area contributed by atoms with Gasteiger partial charge in [0.15, 0.2) is 11.0 Å². The molecule has 1 aromatic heterocycles. The Morgan fingerprint density at radius 2 is 1.84 bits per heavy atom. The van der Waals surface area contributed by atoms with E-state index in [4.69, 9.17) is 0 Å². The van der Waals surface area contributed by atoms with Crippen molar-refractivity contribution in [2.24, 2.45) is 13.0 Å². The normalized spacial score (nSPS) is 11.9. The number of rotatable bonds is 8. The van der Waals surface area contributed by atoms with Crippen LogP contribution in [0.4, 0.5) is 5.69 Å². The van der Waals surface area contributed by atoms with Gasteiger partial charge in [0.25, 0.3) is 5.91 Å². The fraction of sp³-hybridized carbons (Fsp3) is 0.273. The van der Waals surface area contributed by atoms with E-state index in [9.17, 15) is 9.59 Å². The van der Waals surface area contributed by atoms with Gasteiger partial charge in [0.1, 0.15) is 0 Å². The molecule has 0 spiro atoms. The Morgan fingerprint density at radius 1 is 1.10 bits per heavy atom. The molecule has 3 aromatic rings. The standard InChI is InChI=1S/C22H24BrN5O2S/c1-14(2)19(25-21(30)15-8-5-4-6-9-15)20-26-27-22(28(20)3)31-13-18(29)24-17-11-7-10-16(23)12-17/h4-12,14,19H,13H2,1-3H3,(H,24,29)(H,25,30)/t19-/m1/s1. The number of hydrogen-bond donors (Lipinski definition) is 2. The molecule has 0 saturated carbocycles. The van der Waals surface area contributed by atoms with Crippen molar-refractivity contribution in [2.75, 3.05) is 11.1 Å². The zero-order valence-corrected chi connectivity index (χ0v) is 19.9. The molecule has 2 N–H and O–H groups in total. The lowest BCUT2D eigenvalue weighted by molar-refractivity contribution is -0.113. The smallest absolute Gasteiger partial charge is 0.251 e. The molecule has 1 heterocycles. The third-order valence-corrected chi connectivity index (χ3v) is 6.09. The van der Waals surface area contributed by atoms with Crippen molar-refractivity contribution in [3.8, 4) is 0 Å². The van der Waals surface area contributed by atoms with Crippen LogP contribution in [0.15, 0.2) is 64.2 Å². The summed E-state index contributed by atoms with van der Waals surface area (Å²) in [7, 11) is 1.84. The predicted octanol–water partition coefficient (Wildman–Crippen LogP) is 4.44. The van der Waals surface area contributed by atoms with Crippen molar-refractivity contribution in [1.82, 2.24) is 20.1 Å². The summed E-state index contributed by atoms with van der Waals surface area (Å²) in [4.78, 5) is 24.9. The van der Waals surface area contributed by atoms with Gasteiger partial charge >= 0.3 is 0 Å². The second-order valence-electron chi connectivity index (χ2n) is 7.31. The number of aromatic nitrogens is 3. The molecule has 1 atom stereocenters. The number of carbonyl (C=O) groups is 2. The van der Waals surface area contributed by atoms with E-state index in [-0.39, 0.29) is 29.5 Å².